The first-order valence-corrected chi connectivity index (χ1v) is 10.2. The van der Waals surface area contributed by atoms with Gasteiger partial charge in [-0.2, -0.15) is 0 Å². The van der Waals surface area contributed by atoms with Crippen LogP contribution in [0.3, 0.4) is 0 Å². The largest absolute Gasteiger partial charge is 0.392 e. The Morgan fingerprint density at radius 1 is 0.769 bits per heavy atom. The van der Waals surface area contributed by atoms with Crippen LogP contribution in [0.25, 0.3) is 0 Å². The molecule has 0 atom stereocenters. The minimum Gasteiger partial charge on any atom is -0.392 e. The minimum atomic E-state index is -0.500. The second kappa shape index (κ2) is 22.5. The normalized spacial score (nSPS) is 10.7. The number of esters is 2. The molecule has 0 unspecified atom stereocenters. The molecule has 0 bridgehead atoms. The Morgan fingerprint density at radius 2 is 1.27 bits per heavy atom. The van der Waals surface area contributed by atoms with Crippen molar-refractivity contribution >= 4 is 11.9 Å². The molecular weight excluding hydrogens is 380 g/mol. The van der Waals surface area contributed by atoms with E-state index in [0.717, 1.165) is 25.7 Å². The van der Waals surface area contributed by atoms with Crippen molar-refractivity contribution in [1.29, 1.82) is 0 Å². The quantitative estimate of drug-likeness (QED) is 0.114. The predicted molar refractivity (Wildman–Crippen MR) is 104 cm³/mol. The molecule has 5 heteroatoms. The molecule has 0 saturated heterocycles. The molecule has 0 aromatic heterocycles. The first-order valence-electron chi connectivity index (χ1n) is 10.2. The topological polar surface area (TPSA) is 55.4 Å². The summed E-state index contributed by atoms with van der Waals surface area (Å²) in [5.74, 6) is -0.905. The molecule has 4 nitrogen and oxygen atoms in total. The number of rotatable bonds is 17. The van der Waals surface area contributed by atoms with Gasteiger partial charge in [0.05, 0.1) is 6.54 Å². The summed E-state index contributed by atoms with van der Waals surface area (Å²) in [5, 5.41) is 2.66. The van der Waals surface area contributed by atoms with Gasteiger partial charge in [0.1, 0.15) is 0 Å². The van der Waals surface area contributed by atoms with Crippen molar-refractivity contribution in [2.45, 2.75) is 96.8 Å². The molecule has 0 heterocycles. The van der Waals surface area contributed by atoms with Crippen LogP contribution < -0.4 is 5.32 Å². The molecule has 0 aliphatic rings. The summed E-state index contributed by atoms with van der Waals surface area (Å²) in [6.45, 7) is 2.34. The molecule has 0 fully saturated rings. The number of allylic oxidation sites excluding steroid dienone is 2. The number of hydrogen-bond acceptors (Lipinski definition) is 4. The van der Waals surface area contributed by atoms with Gasteiger partial charge in [-0.25, -0.2) is 0 Å². The Morgan fingerprint density at radius 3 is 1.81 bits per heavy atom. The maximum absolute atomic E-state index is 11.4. The molecular formula is C21H39NO3Zn. The van der Waals surface area contributed by atoms with E-state index < -0.39 is 11.9 Å². The third kappa shape index (κ3) is 21.5. The van der Waals surface area contributed by atoms with E-state index in [4.69, 9.17) is 0 Å². The summed E-state index contributed by atoms with van der Waals surface area (Å²) in [5.41, 5.74) is 0. The Hall–Kier alpha value is -0.537. The van der Waals surface area contributed by atoms with Crippen LogP contribution in [0.1, 0.15) is 96.8 Å². The third-order valence-corrected chi connectivity index (χ3v) is 4.19. The van der Waals surface area contributed by atoms with Gasteiger partial charge >= 0.3 is 11.9 Å². The van der Waals surface area contributed by atoms with Crippen molar-refractivity contribution in [3.05, 3.63) is 12.2 Å². The van der Waals surface area contributed by atoms with E-state index in [1.807, 2.05) is 0 Å². The molecule has 0 aromatic carbocycles. The minimum absolute atomic E-state index is 0. The molecule has 26 heavy (non-hydrogen) atoms. The summed E-state index contributed by atoms with van der Waals surface area (Å²) in [6, 6.07) is 0. The molecule has 0 rings (SSSR count). The van der Waals surface area contributed by atoms with Gasteiger partial charge in [-0.15, -0.1) is 0 Å². The summed E-state index contributed by atoms with van der Waals surface area (Å²) in [4.78, 5) is 22.5. The van der Waals surface area contributed by atoms with E-state index in [-0.39, 0.29) is 26.0 Å². The van der Waals surface area contributed by atoms with E-state index in [1.54, 1.807) is 7.05 Å². The number of unbranched alkanes of at least 4 members (excludes halogenated alkanes) is 11. The van der Waals surface area contributed by atoms with Crippen LogP contribution >= 0.6 is 0 Å². The number of carbonyl (C=O) groups is 2. The van der Waals surface area contributed by atoms with Crippen LogP contribution in [-0.4, -0.2) is 25.5 Å². The van der Waals surface area contributed by atoms with Crippen molar-refractivity contribution in [2.24, 2.45) is 0 Å². The van der Waals surface area contributed by atoms with E-state index >= 15 is 0 Å². The molecule has 0 spiro atoms. The monoisotopic (exact) mass is 417 g/mol. The predicted octanol–water partition coefficient (Wildman–Crippen LogP) is 5.31. The van der Waals surface area contributed by atoms with E-state index in [2.05, 4.69) is 29.1 Å². The van der Waals surface area contributed by atoms with E-state index in [0.29, 0.717) is 6.42 Å². The average Bonchev–Trinajstić information content (AvgIpc) is 2.58. The van der Waals surface area contributed by atoms with E-state index in [9.17, 15) is 9.59 Å². The van der Waals surface area contributed by atoms with Gasteiger partial charge in [0.2, 0.25) is 0 Å². The van der Waals surface area contributed by atoms with Crippen LogP contribution in [-0.2, 0) is 33.8 Å². The van der Waals surface area contributed by atoms with Crippen LogP contribution in [0.5, 0.6) is 0 Å². The smallest absolute Gasteiger partial charge is 0.327 e. The molecule has 0 amide bonds. The number of carbonyl (C=O) groups excluding carboxylic acids is 2. The van der Waals surface area contributed by atoms with Gasteiger partial charge < -0.3 is 10.1 Å². The van der Waals surface area contributed by atoms with E-state index in [1.165, 1.54) is 57.8 Å². The summed E-state index contributed by atoms with van der Waals surface area (Å²) in [6.07, 6.45) is 20.9. The maximum atomic E-state index is 11.4. The molecule has 0 saturated carbocycles. The van der Waals surface area contributed by atoms with Gasteiger partial charge in [0.25, 0.3) is 0 Å². The Balaban J connectivity index is 0. The molecule has 148 valence electrons. The summed E-state index contributed by atoms with van der Waals surface area (Å²) >= 11 is 0. The van der Waals surface area contributed by atoms with Crippen molar-refractivity contribution < 1.29 is 33.8 Å². The maximum Gasteiger partial charge on any atom is 0.327 e. The first-order chi connectivity index (χ1) is 12.2. The van der Waals surface area contributed by atoms with Gasteiger partial charge in [0.15, 0.2) is 0 Å². The molecule has 1 N–H and O–H groups in total. The SMILES string of the molecule is CCCCCCCC/C=C\CCCCCCCC(=O)OC(=O)CNC.[Zn]. The Bertz CT molecular complexity index is 359. The van der Waals surface area contributed by atoms with Crippen molar-refractivity contribution in [3.63, 3.8) is 0 Å². The molecule has 0 radical (unpaired) electrons. The number of likely N-dealkylation sites (N-methyl/N-ethyl adjacent to an activating group) is 1. The zero-order valence-electron chi connectivity index (χ0n) is 17.2. The summed E-state index contributed by atoms with van der Waals surface area (Å²) < 4.78 is 4.66. The van der Waals surface area contributed by atoms with Crippen LogP contribution in [0.2, 0.25) is 0 Å². The van der Waals surface area contributed by atoms with Gasteiger partial charge in [-0.3, -0.25) is 9.59 Å². The second-order valence-electron chi connectivity index (χ2n) is 6.71. The number of nitrogens with one attached hydrogen (secondary N) is 1. The van der Waals surface area contributed by atoms with Crippen LogP contribution in [0, 0.1) is 0 Å². The molecule has 0 aliphatic carbocycles. The van der Waals surface area contributed by atoms with Crippen LogP contribution in [0.15, 0.2) is 12.2 Å². The standard InChI is InChI=1S/C21H39NO3.Zn/c1-3-4-5-6-7-8-9-10-11-12-13-14-15-16-17-18-20(23)25-21(24)19-22-2;/h10-11,22H,3-9,12-19H2,1-2H3;/b11-10-;. The summed E-state index contributed by atoms with van der Waals surface area (Å²) in [7, 11) is 1.65. The molecule has 0 aliphatic heterocycles. The first kappa shape index (κ1) is 27.7. The van der Waals surface area contributed by atoms with Crippen molar-refractivity contribution in [1.82, 2.24) is 5.32 Å². The fraction of sp³-hybridized carbons (Fsp3) is 0.810. The fourth-order valence-electron chi connectivity index (χ4n) is 2.70. The Kier molecular flexibility index (Phi) is 24.0. The van der Waals surface area contributed by atoms with Crippen molar-refractivity contribution in [3.8, 4) is 0 Å². The number of hydrogen-bond donors (Lipinski definition) is 1. The number of ether oxygens (including phenoxy) is 1. The fourth-order valence-corrected chi connectivity index (χ4v) is 2.70. The van der Waals surface area contributed by atoms with Gasteiger partial charge in [-0.05, 0) is 39.2 Å². The zero-order valence-corrected chi connectivity index (χ0v) is 20.2. The Labute approximate surface area is 173 Å². The van der Waals surface area contributed by atoms with Crippen molar-refractivity contribution in [2.75, 3.05) is 13.6 Å². The zero-order chi connectivity index (χ0) is 18.6. The molecule has 0 aromatic rings. The average molecular weight is 419 g/mol. The second-order valence-corrected chi connectivity index (χ2v) is 6.71. The van der Waals surface area contributed by atoms with Crippen LogP contribution in [0.4, 0.5) is 0 Å². The van der Waals surface area contributed by atoms with Gasteiger partial charge in [-0.1, -0.05) is 70.4 Å². The third-order valence-electron chi connectivity index (χ3n) is 4.19. The van der Waals surface area contributed by atoms with Gasteiger partial charge in [0, 0.05) is 25.9 Å².